The molecular weight excluding hydrogens is 266 g/mol. The number of carboxylic acids is 1. The Morgan fingerprint density at radius 2 is 2.29 bits per heavy atom. The largest absolute Gasteiger partial charge is 0.478 e. The van der Waals surface area contributed by atoms with Crippen LogP contribution in [0.25, 0.3) is 11.0 Å². The molecular formula is C16H21N3O2. The summed E-state index contributed by atoms with van der Waals surface area (Å²) in [4.78, 5) is 18.1. The second kappa shape index (κ2) is 5.48. The molecule has 1 fully saturated rings. The van der Waals surface area contributed by atoms with Gasteiger partial charge in [0.2, 0.25) is 0 Å². The topological polar surface area (TPSA) is 58.4 Å². The second-order valence-electron chi connectivity index (χ2n) is 5.78. The number of fused-ring (bicyclic) bond motifs is 1. The Hall–Kier alpha value is -1.88. The molecule has 5 heteroatoms. The minimum absolute atomic E-state index is 0.299. The summed E-state index contributed by atoms with van der Waals surface area (Å²) < 4.78 is 2.26. The van der Waals surface area contributed by atoms with E-state index in [0.29, 0.717) is 11.6 Å². The van der Waals surface area contributed by atoms with Crippen LogP contribution in [0.4, 0.5) is 0 Å². The fourth-order valence-electron chi connectivity index (χ4n) is 3.21. The zero-order valence-corrected chi connectivity index (χ0v) is 12.5. The Kier molecular flexibility index (Phi) is 3.68. The minimum Gasteiger partial charge on any atom is -0.478 e. The van der Waals surface area contributed by atoms with Crippen LogP contribution in [0.2, 0.25) is 0 Å². The lowest BCUT2D eigenvalue weighted by Gasteiger charge is -2.21. The standard InChI is InChI=1S/C16H21N3O2/c1-3-15-17-13-9-11(16(20)21)6-7-14(13)19(15)10-12-5-4-8-18(12)2/h6-7,9,12H,3-5,8,10H2,1-2H3,(H,20,21). The van der Waals surface area contributed by atoms with Crippen LogP contribution in [-0.4, -0.2) is 45.2 Å². The first-order valence-corrected chi connectivity index (χ1v) is 7.53. The van der Waals surface area contributed by atoms with E-state index in [2.05, 4.69) is 28.4 Å². The number of aromatic nitrogens is 2. The van der Waals surface area contributed by atoms with Crippen molar-refractivity contribution in [1.29, 1.82) is 0 Å². The van der Waals surface area contributed by atoms with Crippen molar-refractivity contribution in [3.8, 4) is 0 Å². The van der Waals surface area contributed by atoms with E-state index >= 15 is 0 Å². The Bertz CT molecular complexity index is 677. The maximum atomic E-state index is 11.1. The number of hydrogen-bond donors (Lipinski definition) is 1. The first-order chi connectivity index (χ1) is 10.1. The highest BCUT2D eigenvalue weighted by Crippen LogP contribution is 2.23. The molecule has 0 saturated carbocycles. The van der Waals surface area contributed by atoms with Gasteiger partial charge in [-0.25, -0.2) is 9.78 Å². The van der Waals surface area contributed by atoms with E-state index in [-0.39, 0.29) is 0 Å². The average Bonchev–Trinajstić information content (AvgIpc) is 3.03. The van der Waals surface area contributed by atoms with E-state index < -0.39 is 5.97 Å². The van der Waals surface area contributed by atoms with Crippen LogP contribution in [0.15, 0.2) is 18.2 Å². The van der Waals surface area contributed by atoms with E-state index in [1.807, 2.05) is 6.07 Å². The van der Waals surface area contributed by atoms with Gasteiger partial charge >= 0.3 is 5.97 Å². The average molecular weight is 287 g/mol. The Morgan fingerprint density at radius 1 is 1.48 bits per heavy atom. The van der Waals surface area contributed by atoms with Gasteiger partial charge in [0, 0.05) is 19.0 Å². The molecule has 2 heterocycles. The van der Waals surface area contributed by atoms with Crippen LogP contribution in [-0.2, 0) is 13.0 Å². The summed E-state index contributed by atoms with van der Waals surface area (Å²) in [5.41, 5.74) is 2.12. The van der Waals surface area contributed by atoms with Gasteiger partial charge in [-0.15, -0.1) is 0 Å². The number of rotatable bonds is 4. The van der Waals surface area contributed by atoms with Crippen LogP contribution in [0, 0.1) is 0 Å². The van der Waals surface area contributed by atoms with E-state index in [1.54, 1.807) is 12.1 Å². The van der Waals surface area contributed by atoms with E-state index in [9.17, 15) is 4.79 Å². The summed E-state index contributed by atoms with van der Waals surface area (Å²) in [5.74, 6) is 0.132. The van der Waals surface area contributed by atoms with Crippen LogP contribution in [0.5, 0.6) is 0 Å². The van der Waals surface area contributed by atoms with Crippen molar-refractivity contribution >= 4 is 17.0 Å². The summed E-state index contributed by atoms with van der Waals surface area (Å²) in [6.07, 6.45) is 3.32. The van der Waals surface area contributed by atoms with Gasteiger partial charge in [-0.1, -0.05) is 6.92 Å². The summed E-state index contributed by atoms with van der Waals surface area (Å²) >= 11 is 0. The molecule has 1 saturated heterocycles. The van der Waals surface area contributed by atoms with Crippen molar-refractivity contribution in [2.24, 2.45) is 0 Å². The molecule has 1 aliphatic heterocycles. The number of carboxylic acid groups (broad SMARTS) is 1. The predicted octanol–water partition coefficient (Wildman–Crippen LogP) is 2.39. The fourth-order valence-corrected chi connectivity index (χ4v) is 3.21. The lowest BCUT2D eigenvalue weighted by molar-refractivity contribution is 0.0697. The summed E-state index contributed by atoms with van der Waals surface area (Å²) in [6, 6.07) is 5.78. The monoisotopic (exact) mass is 287 g/mol. The highest BCUT2D eigenvalue weighted by molar-refractivity contribution is 5.92. The Labute approximate surface area is 124 Å². The maximum Gasteiger partial charge on any atom is 0.335 e. The van der Waals surface area contributed by atoms with E-state index in [1.165, 1.54) is 12.8 Å². The van der Waals surface area contributed by atoms with Gasteiger partial charge in [-0.3, -0.25) is 0 Å². The molecule has 0 spiro atoms. The molecule has 5 nitrogen and oxygen atoms in total. The van der Waals surface area contributed by atoms with Gasteiger partial charge in [0.15, 0.2) is 0 Å². The SMILES string of the molecule is CCc1nc2cc(C(=O)O)ccc2n1CC1CCCN1C. The van der Waals surface area contributed by atoms with Crippen molar-refractivity contribution in [2.75, 3.05) is 13.6 Å². The number of nitrogens with zero attached hydrogens (tertiary/aromatic N) is 3. The van der Waals surface area contributed by atoms with Crippen LogP contribution < -0.4 is 0 Å². The smallest absolute Gasteiger partial charge is 0.335 e. The molecule has 21 heavy (non-hydrogen) atoms. The molecule has 1 aromatic heterocycles. The molecule has 3 rings (SSSR count). The van der Waals surface area contributed by atoms with Crippen molar-refractivity contribution in [1.82, 2.24) is 14.5 Å². The van der Waals surface area contributed by atoms with Gasteiger partial charge in [-0.05, 0) is 44.6 Å². The molecule has 1 atom stereocenters. The first-order valence-electron chi connectivity index (χ1n) is 7.53. The number of imidazole rings is 1. The van der Waals surface area contributed by atoms with Crippen LogP contribution in [0.1, 0.15) is 35.9 Å². The fraction of sp³-hybridized carbons (Fsp3) is 0.500. The number of hydrogen-bond acceptors (Lipinski definition) is 3. The molecule has 2 aromatic rings. The van der Waals surface area contributed by atoms with Gasteiger partial charge in [-0.2, -0.15) is 0 Å². The van der Waals surface area contributed by atoms with Crippen LogP contribution >= 0.6 is 0 Å². The summed E-state index contributed by atoms with van der Waals surface area (Å²) in [5, 5.41) is 9.10. The zero-order valence-electron chi connectivity index (χ0n) is 12.5. The normalized spacial score (nSPS) is 19.4. The molecule has 1 unspecified atom stereocenters. The van der Waals surface area contributed by atoms with Crippen LogP contribution in [0.3, 0.4) is 0 Å². The van der Waals surface area contributed by atoms with Gasteiger partial charge in [0.1, 0.15) is 5.82 Å². The van der Waals surface area contributed by atoms with Gasteiger partial charge in [0.05, 0.1) is 16.6 Å². The molecule has 0 bridgehead atoms. The first kappa shape index (κ1) is 14.1. The number of aromatic carboxylic acids is 1. The molecule has 0 aliphatic carbocycles. The van der Waals surface area contributed by atoms with E-state index in [4.69, 9.17) is 5.11 Å². The quantitative estimate of drug-likeness (QED) is 0.938. The summed E-state index contributed by atoms with van der Waals surface area (Å²) in [6.45, 7) is 4.18. The zero-order chi connectivity index (χ0) is 15.0. The number of benzene rings is 1. The number of likely N-dealkylation sites (tertiary alicyclic amines) is 1. The molecule has 1 aliphatic rings. The molecule has 0 radical (unpaired) electrons. The molecule has 1 aromatic carbocycles. The third kappa shape index (κ3) is 2.53. The number of aryl methyl sites for hydroxylation is 1. The van der Waals surface area contributed by atoms with Crippen molar-refractivity contribution in [3.05, 3.63) is 29.6 Å². The second-order valence-corrected chi connectivity index (χ2v) is 5.78. The van der Waals surface area contributed by atoms with Gasteiger partial charge in [0.25, 0.3) is 0 Å². The maximum absolute atomic E-state index is 11.1. The van der Waals surface area contributed by atoms with Crippen molar-refractivity contribution < 1.29 is 9.90 Å². The Balaban J connectivity index is 2.01. The number of likely N-dealkylation sites (N-methyl/N-ethyl adjacent to an activating group) is 1. The van der Waals surface area contributed by atoms with E-state index in [0.717, 1.165) is 36.4 Å². The van der Waals surface area contributed by atoms with Crippen molar-refractivity contribution in [3.63, 3.8) is 0 Å². The molecule has 1 N–H and O–H groups in total. The highest BCUT2D eigenvalue weighted by atomic mass is 16.4. The van der Waals surface area contributed by atoms with Gasteiger partial charge < -0.3 is 14.6 Å². The third-order valence-electron chi connectivity index (χ3n) is 4.46. The summed E-state index contributed by atoms with van der Waals surface area (Å²) in [7, 11) is 2.17. The minimum atomic E-state index is -0.903. The highest BCUT2D eigenvalue weighted by Gasteiger charge is 2.23. The predicted molar refractivity (Wildman–Crippen MR) is 81.7 cm³/mol. The van der Waals surface area contributed by atoms with Crippen molar-refractivity contribution in [2.45, 2.75) is 38.8 Å². The molecule has 0 amide bonds. The number of carbonyl (C=O) groups is 1. The molecule has 112 valence electrons. The third-order valence-corrected chi connectivity index (χ3v) is 4.46. The Morgan fingerprint density at radius 3 is 2.90 bits per heavy atom. The lowest BCUT2D eigenvalue weighted by Crippen LogP contribution is -2.29. The lowest BCUT2D eigenvalue weighted by atomic mass is 10.2.